The zero-order valence-corrected chi connectivity index (χ0v) is 12.7. The number of ether oxygens (including phenoxy) is 1. The number of benzene rings is 2. The van der Waals surface area contributed by atoms with Gasteiger partial charge in [0.2, 0.25) is 0 Å². The number of halogens is 1. The predicted molar refractivity (Wildman–Crippen MR) is 84.4 cm³/mol. The average Bonchev–Trinajstić information content (AvgIpc) is 2.45. The molecule has 0 fully saturated rings. The Hall–Kier alpha value is -1.51. The van der Waals surface area contributed by atoms with Gasteiger partial charge in [0, 0.05) is 5.02 Å². The van der Waals surface area contributed by atoms with Crippen LogP contribution in [-0.2, 0) is 0 Å². The summed E-state index contributed by atoms with van der Waals surface area (Å²) in [5, 5.41) is 0.712. The molecule has 3 heteroatoms. The fourth-order valence-corrected chi connectivity index (χ4v) is 2.41. The van der Waals surface area contributed by atoms with Crippen molar-refractivity contribution in [1.82, 2.24) is 0 Å². The third-order valence-corrected chi connectivity index (χ3v) is 3.53. The lowest BCUT2D eigenvalue weighted by Gasteiger charge is -2.15. The standard InChI is InChI=1S/C17H20ClNO/c1-3-10-20-14-7-5-13(6-8-14)17(19)15-9-4-12(2)11-16(15)18/h4-9,11,17H,3,10,19H2,1-2H3. The van der Waals surface area contributed by atoms with Crippen LogP contribution in [0.25, 0.3) is 0 Å². The van der Waals surface area contributed by atoms with E-state index >= 15 is 0 Å². The van der Waals surface area contributed by atoms with Gasteiger partial charge in [-0.1, -0.05) is 42.8 Å². The number of hydrogen-bond acceptors (Lipinski definition) is 2. The molecule has 2 rings (SSSR count). The highest BCUT2D eigenvalue weighted by atomic mass is 35.5. The van der Waals surface area contributed by atoms with Gasteiger partial charge in [0.1, 0.15) is 5.75 Å². The Kier molecular flexibility index (Phi) is 5.05. The van der Waals surface area contributed by atoms with Gasteiger partial charge in [0.25, 0.3) is 0 Å². The lowest BCUT2D eigenvalue weighted by atomic mass is 9.98. The molecular formula is C17H20ClNO. The van der Waals surface area contributed by atoms with E-state index in [1.807, 2.05) is 49.4 Å². The second-order valence-electron chi connectivity index (χ2n) is 4.92. The highest BCUT2D eigenvalue weighted by Crippen LogP contribution is 2.28. The summed E-state index contributed by atoms with van der Waals surface area (Å²) in [5.41, 5.74) is 9.40. The van der Waals surface area contributed by atoms with Crippen LogP contribution >= 0.6 is 11.6 Å². The summed E-state index contributed by atoms with van der Waals surface area (Å²) in [6.07, 6.45) is 1.00. The van der Waals surface area contributed by atoms with Crippen molar-refractivity contribution in [3.05, 3.63) is 64.2 Å². The molecule has 2 N–H and O–H groups in total. The minimum Gasteiger partial charge on any atom is -0.494 e. The zero-order valence-electron chi connectivity index (χ0n) is 11.9. The van der Waals surface area contributed by atoms with Crippen molar-refractivity contribution < 1.29 is 4.74 Å². The Morgan fingerprint density at radius 1 is 1.15 bits per heavy atom. The number of rotatable bonds is 5. The quantitative estimate of drug-likeness (QED) is 0.880. The first-order chi connectivity index (χ1) is 9.61. The van der Waals surface area contributed by atoms with Gasteiger partial charge in [-0.3, -0.25) is 0 Å². The molecule has 2 aromatic carbocycles. The Bertz CT molecular complexity index is 566. The Balaban J connectivity index is 2.18. The number of nitrogens with two attached hydrogens (primary N) is 1. The molecular weight excluding hydrogens is 270 g/mol. The first-order valence-electron chi connectivity index (χ1n) is 6.86. The SMILES string of the molecule is CCCOc1ccc(C(N)c2ccc(C)cc2Cl)cc1. The second kappa shape index (κ2) is 6.78. The monoisotopic (exact) mass is 289 g/mol. The maximum Gasteiger partial charge on any atom is 0.119 e. The van der Waals surface area contributed by atoms with Crippen molar-refractivity contribution in [2.24, 2.45) is 5.73 Å². The zero-order chi connectivity index (χ0) is 14.5. The summed E-state index contributed by atoms with van der Waals surface area (Å²) in [6, 6.07) is 13.6. The van der Waals surface area contributed by atoms with E-state index in [4.69, 9.17) is 22.1 Å². The molecule has 0 saturated heterocycles. The van der Waals surface area contributed by atoms with Crippen molar-refractivity contribution in [3.8, 4) is 5.75 Å². The van der Waals surface area contributed by atoms with Crippen LogP contribution in [0.1, 0.15) is 36.1 Å². The van der Waals surface area contributed by atoms with E-state index in [9.17, 15) is 0 Å². The largest absolute Gasteiger partial charge is 0.494 e. The summed E-state index contributed by atoms with van der Waals surface area (Å²) < 4.78 is 5.57. The van der Waals surface area contributed by atoms with Gasteiger partial charge < -0.3 is 10.5 Å². The van der Waals surface area contributed by atoms with Crippen LogP contribution in [0.4, 0.5) is 0 Å². The van der Waals surface area contributed by atoms with Gasteiger partial charge in [-0.2, -0.15) is 0 Å². The summed E-state index contributed by atoms with van der Waals surface area (Å²) in [5.74, 6) is 0.873. The molecule has 1 unspecified atom stereocenters. The van der Waals surface area contributed by atoms with Crippen molar-refractivity contribution in [2.75, 3.05) is 6.61 Å². The summed E-state index contributed by atoms with van der Waals surface area (Å²) in [7, 11) is 0. The molecule has 0 saturated carbocycles. The maximum atomic E-state index is 6.29. The molecule has 0 amide bonds. The van der Waals surface area contributed by atoms with Crippen molar-refractivity contribution in [3.63, 3.8) is 0 Å². The molecule has 0 heterocycles. The smallest absolute Gasteiger partial charge is 0.119 e. The average molecular weight is 290 g/mol. The third kappa shape index (κ3) is 3.53. The lowest BCUT2D eigenvalue weighted by molar-refractivity contribution is 0.317. The van der Waals surface area contributed by atoms with Crippen LogP contribution in [0.2, 0.25) is 5.02 Å². The van der Waals surface area contributed by atoms with Gasteiger partial charge in [0.15, 0.2) is 0 Å². The van der Waals surface area contributed by atoms with E-state index in [1.54, 1.807) is 0 Å². The first-order valence-corrected chi connectivity index (χ1v) is 7.24. The lowest BCUT2D eigenvalue weighted by Crippen LogP contribution is -2.12. The summed E-state index contributed by atoms with van der Waals surface area (Å²) >= 11 is 6.27. The van der Waals surface area contributed by atoms with Crippen LogP contribution in [0.15, 0.2) is 42.5 Å². The highest BCUT2D eigenvalue weighted by Gasteiger charge is 2.12. The van der Waals surface area contributed by atoms with Crippen LogP contribution < -0.4 is 10.5 Å². The normalized spacial score (nSPS) is 12.2. The molecule has 0 aliphatic carbocycles. The third-order valence-electron chi connectivity index (χ3n) is 3.20. The minimum atomic E-state index is -0.219. The van der Waals surface area contributed by atoms with Crippen LogP contribution in [0.3, 0.4) is 0 Å². The molecule has 106 valence electrons. The van der Waals surface area contributed by atoms with Crippen LogP contribution in [0.5, 0.6) is 5.75 Å². The van der Waals surface area contributed by atoms with E-state index in [0.29, 0.717) is 5.02 Å². The van der Waals surface area contributed by atoms with Crippen molar-refractivity contribution >= 4 is 11.6 Å². The molecule has 20 heavy (non-hydrogen) atoms. The van der Waals surface area contributed by atoms with Gasteiger partial charge in [0.05, 0.1) is 12.6 Å². The van der Waals surface area contributed by atoms with E-state index in [1.165, 1.54) is 0 Å². The molecule has 0 bridgehead atoms. The summed E-state index contributed by atoms with van der Waals surface area (Å²) in [6.45, 7) is 4.83. The fraction of sp³-hybridized carbons (Fsp3) is 0.294. The molecule has 2 aromatic rings. The Labute approximate surface area is 125 Å². The Morgan fingerprint density at radius 3 is 2.45 bits per heavy atom. The van der Waals surface area contributed by atoms with Crippen molar-refractivity contribution in [2.45, 2.75) is 26.3 Å². The van der Waals surface area contributed by atoms with Crippen LogP contribution in [0, 0.1) is 6.92 Å². The predicted octanol–water partition coefficient (Wildman–Crippen LogP) is 4.49. The molecule has 0 aliphatic rings. The topological polar surface area (TPSA) is 35.2 Å². The molecule has 0 spiro atoms. The maximum absolute atomic E-state index is 6.29. The number of aryl methyl sites for hydroxylation is 1. The summed E-state index contributed by atoms with van der Waals surface area (Å²) in [4.78, 5) is 0. The molecule has 0 radical (unpaired) electrons. The molecule has 0 aromatic heterocycles. The minimum absolute atomic E-state index is 0.219. The van der Waals surface area contributed by atoms with Gasteiger partial charge in [-0.25, -0.2) is 0 Å². The van der Waals surface area contributed by atoms with E-state index < -0.39 is 0 Å². The van der Waals surface area contributed by atoms with E-state index in [2.05, 4.69) is 6.92 Å². The molecule has 2 nitrogen and oxygen atoms in total. The Morgan fingerprint density at radius 2 is 1.85 bits per heavy atom. The molecule has 0 aliphatic heterocycles. The van der Waals surface area contributed by atoms with E-state index in [-0.39, 0.29) is 6.04 Å². The molecule has 1 atom stereocenters. The highest BCUT2D eigenvalue weighted by molar-refractivity contribution is 6.31. The van der Waals surface area contributed by atoms with Gasteiger partial charge >= 0.3 is 0 Å². The van der Waals surface area contributed by atoms with Crippen molar-refractivity contribution in [1.29, 1.82) is 0 Å². The second-order valence-corrected chi connectivity index (χ2v) is 5.33. The number of hydrogen-bond donors (Lipinski definition) is 1. The van der Waals surface area contributed by atoms with E-state index in [0.717, 1.165) is 35.5 Å². The van der Waals surface area contributed by atoms with Gasteiger partial charge in [-0.05, 0) is 48.2 Å². The fourth-order valence-electron chi connectivity index (χ4n) is 2.06. The van der Waals surface area contributed by atoms with Gasteiger partial charge in [-0.15, -0.1) is 0 Å². The first kappa shape index (κ1) is 14.9. The van der Waals surface area contributed by atoms with Crippen LogP contribution in [-0.4, -0.2) is 6.61 Å².